The molecule has 1 aromatic carbocycles. The fourth-order valence-electron chi connectivity index (χ4n) is 1.95. The second-order valence-corrected chi connectivity index (χ2v) is 6.39. The molecule has 2 rings (SSSR count). The molecule has 0 aliphatic carbocycles. The zero-order valence-electron chi connectivity index (χ0n) is 10.3. The molecule has 19 heavy (non-hydrogen) atoms. The van der Waals surface area contributed by atoms with Gasteiger partial charge < -0.3 is 9.47 Å². The molecule has 1 saturated heterocycles. The van der Waals surface area contributed by atoms with E-state index in [0.29, 0.717) is 21.4 Å². The van der Waals surface area contributed by atoms with E-state index in [1.54, 1.807) is 18.2 Å². The van der Waals surface area contributed by atoms with Crippen molar-refractivity contribution < 1.29 is 22.7 Å². The van der Waals surface area contributed by atoms with Crippen LogP contribution in [0.15, 0.2) is 18.2 Å². The molecule has 1 aromatic rings. The van der Waals surface area contributed by atoms with Gasteiger partial charge in [-0.3, -0.25) is 4.79 Å². The van der Waals surface area contributed by atoms with Crippen LogP contribution in [0.4, 0.5) is 0 Å². The van der Waals surface area contributed by atoms with E-state index in [4.69, 9.17) is 20.2 Å². The summed E-state index contributed by atoms with van der Waals surface area (Å²) >= 11 is 0. The predicted molar refractivity (Wildman–Crippen MR) is 68.5 cm³/mol. The maximum absolute atomic E-state index is 11.4. The molecule has 0 N–H and O–H groups in total. The molecule has 1 unspecified atom stereocenters. The van der Waals surface area contributed by atoms with E-state index in [9.17, 15) is 13.2 Å². The number of carbonyl (C=O) groups is 1. The molecule has 0 aromatic heterocycles. The van der Waals surface area contributed by atoms with Gasteiger partial charge in [-0.05, 0) is 17.7 Å². The Labute approximate surface area is 115 Å². The van der Waals surface area contributed by atoms with Crippen LogP contribution in [0, 0.1) is 0 Å². The quantitative estimate of drug-likeness (QED) is 0.622. The van der Waals surface area contributed by atoms with Crippen LogP contribution < -0.4 is 9.47 Å². The van der Waals surface area contributed by atoms with Crippen LogP contribution in [0.5, 0.6) is 11.5 Å². The first-order valence-electron chi connectivity index (χ1n) is 5.36. The van der Waals surface area contributed by atoms with Gasteiger partial charge in [-0.1, -0.05) is 0 Å². The van der Waals surface area contributed by atoms with Gasteiger partial charge in [-0.15, -0.1) is 0 Å². The number of amides is 1. The highest BCUT2D eigenvalue weighted by Crippen LogP contribution is 2.40. The number of ether oxygens (including phenoxy) is 2. The summed E-state index contributed by atoms with van der Waals surface area (Å²) in [7, 11) is 4.13. The van der Waals surface area contributed by atoms with Gasteiger partial charge in [0.25, 0.3) is 0 Å². The molecule has 0 bridgehead atoms. The second-order valence-electron chi connectivity index (χ2n) is 4.00. The topological polar surface area (TPSA) is 72.9 Å². The molecule has 8 heteroatoms. The monoisotopic (exact) mass is 305 g/mol. The number of rotatable bonds is 4. The third-order valence-electron chi connectivity index (χ3n) is 2.89. The summed E-state index contributed by atoms with van der Waals surface area (Å²) in [6, 6.07) is 4.34. The molecule has 1 aliphatic rings. The molecule has 1 atom stereocenters. The van der Waals surface area contributed by atoms with Gasteiger partial charge >= 0.3 is 9.24 Å². The average Bonchev–Trinajstić information content (AvgIpc) is 2.32. The molecule has 0 radical (unpaired) electrons. The fourth-order valence-corrected chi connectivity index (χ4v) is 3.29. The van der Waals surface area contributed by atoms with Gasteiger partial charge in [0, 0.05) is 16.7 Å². The van der Waals surface area contributed by atoms with E-state index in [-0.39, 0.29) is 6.42 Å². The van der Waals surface area contributed by atoms with E-state index in [0.717, 1.165) is 0 Å². The van der Waals surface area contributed by atoms with Gasteiger partial charge in [-0.25, -0.2) is 4.31 Å². The Bertz CT molecular complexity index is 593. The van der Waals surface area contributed by atoms with Crippen LogP contribution in [-0.2, 0) is 14.0 Å². The highest BCUT2D eigenvalue weighted by molar-refractivity contribution is 8.12. The third kappa shape index (κ3) is 2.62. The minimum Gasteiger partial charge on any atom is -0.497 e. The first kappa shape index (κ1) is 14.0. The second kappa shape index (κ2) is 4.90. The number of benzene rings is 1. The third-order valence-corrected chi connectivity index (χ3v) is 4.26. The Morgan fingerprint density at radius 1 is 1.21 bits per heavy atom. The maximum Gasteiger partial charge on any atom is 0.324 e. The van der Waals surface area contributed by atoms with Crippen molar-refractivity contribution in [3.05, 3.63) is 23.8 Å². The molecule has 0 spiro atoms. The highest BCUT2D eigenvalue weighted by atomic mass is 35.7. The van der Waals surface area contributed by atoms with Gasteiger partial charge in [0.1, 0.15) is 11.5 Å². The van der Waals surface area contributed by atoms with Gasteiger partial charge in [-0.2, -0.15) is 8.42 Å². The number of hydrogen-bond acceptors (Lipinski definition) is 5. The molecule has 6 nitrogen and oxygen atoms in total. The number of methoxy groups -OCH3 is 2. The minimum absolute atomic E-state index is 0.0856. The molecule has 1 heterocycles. The summed E-state index contributed by atoms with van der Waals surface area (Å²) in [6.07, 6.45) is 0.0856. The number of nitrogens with zero attached hydrogens (tertiary/aromatic N) is 1. The molecule has 0 saturated carbocycles. The molecular formula is C11H12ClNO5S. The lowest BCUT2D eigenvalue weighted by Gasteiger charge is -2.37. The van der Waals surface area contributed by atoms with Crippen molar-refractivity contribution in [2.24, 2.45) is 0 Å². The summed E-state index contributed by atoms with van der Waals surface area (Å²) in [4.78, 5) is 11.4. The zero-order chi connectivity index (χ0) is 14.2. The highest BCUT2D eigenvalue weighted by Gasteiger charge is 2.44. The van der Waals surface area contributed by atoms with Crippen LogP contribution in [0.3, 0.4) is 0 Å². The Balaban J connectivity index is 2.40. The standard InChI is InChI=1S/C11H12ClNO5S/c1-17-8-3-7(4-9(5-8)18-2)10-6-11(14)13(10)19(12,15)16/h3-5,10H,6H2,1-2H3. The van der Waals surface area contributed by atoms with Crippen LogP contribution in [0.2, 0.25) is 0 Å². The van der Waals surface area contributed by atoms with E-state index < -0.39 is 21.2 Å². The van der Waals surface area contributed by atoms with Crippen LogP contribution in [0.25, 0.3) is 0 Å². The van der Waals surface area contributed by atoms with E-state index >= 15 is 0 Å². The fraction of sp³-hybridized carbons (Fsp3) is 0.364. The first-order valence-corrected chi connectivity index (χ1v) is 7.63. The summed E-state index contributed by atoms with van der Waals surface area (Å²) in [6.45, 7) is 0. The number of β-lactam (4-membered cyclic amide) rings is 1. The van der Waals surface area contributed by atoms with Gasteiger partial charge in [0.05, 0.1) is 26.7 Å². The Morgan fingerprint density at radius 3 is 2.11 bits per heavy atom. The lowest BCUT2D eigenvalue weighted by atomic mass is 9.96. The van der Waals surface area contributed by atoms with E-state index in [1.165, 1.54) is 14.2 Å². The molecule has 104 valence electrons. The summed E-state index contributed by atoms with van der Waals surface area (Å²) in [5.74, 6) is 0.503. The Morgan fingerprint density at radius 2 is 1.74 bits per heavy atom. The SMILES string of the molecule is COc1cc(OC)cc(C2CC(=O)N2S(=O)(=O)Cl)c1. The Hall–Kier alpha value is -1.47. The lowest BCUT2D eigenvalue weighted by Crippen LogP contribution is -2.47. The predicted octanol–water partition coefficient (Wildman–Crippen LogP) is 1.46. The lowest BCUT2D eigenvalue weighted by molar-refractivity contribution is -0.137. The molecule has 1 aliphatic heterocycles. The smallest absolute Gasteiger partial charge is 0.324 e. The Kier molecular flexibility index (Phi) is 3.60. The zero-order valence-corrected chi connectivity index (χ0v) is 11.9. The summed E-state index contributed by atoms with van der Waals surface area (Å²) < 4.78 is 33.5. The van der Waals surface area contributed by atoms with Crippen molar-refractivity contribution in [1.29, 1.82) is 0 Å². The van der Waals surface area contributed by atoms with E-state index in [1.807, 2.05) is 0 Å². The van der Waals surface area contributed by atoms with Gasteiger partial charge in [0.15, 0.2) is 0 Å². The summed E-state index contributed by atoms with van der Waals surface area (Å²) in [5, 5.41) is 0. The molecule has 1 fully saturated rings. The first-order chi connectivity index (χ1) is 8.86. The van der Waals surface area contributed by atoms with Gasteiger partial charge in [0.2, 0.25) is 5.91 Å². The van der Waals surface area contributed by atoms with Crippen LogP contribution >= 0.6 is 10.7 Å². The largest absolute Gasteiger partial charge is 0.497 e. The summed E-state index contributed by atoms with van der Waals surface area (Å²) in [5.41, 5.74) is 0.597. The normalized spacial score (nSPS) is 19.0. The molecular weight excluding hydrogens is 294 g/mol. The maximum atomic E-state index is 11.4. The van der Waals surface area contributed by atoms with E-state index in [2.05, 4.69) is 0 Å². The number of carbonyl (C=O) groups excluding carboxylic acids is 1. The van der Waals surface area contributed by atoms with Crippen LogP contribution in [-0.4, -0.2) is 32.8 Å². The van der Waals surface area contributed by atoms with Crippen molar-refractivity contribution in [3.63, 3.8) is 0 Å². The van der Waals surface area contributed by atoms with Crippen LogP contribution in [0.1, 0.15) is 18.0 Å². The van der Waals surface area contributed by atoms with Crippen molar-refractivity contribution in [2.45, 2.75) is 12.5 Å². The van der Waals surface area contributed by atoms with Crippen molar-refractivity contribution in [2.75, 3.05) is 14.2 Å². The minimum atomic E-state index is -4.08. The van der Waals surface area contributed by atoms with Crippen molar-refractivity contribution >= 4 is 25.8 Å². The van der Waals surface area contributed by atoms with Crippen molar-refractivity contribution in [1.82, 2.24) is 4.31 Å². The van der Waals surface area contributed by atoms with Crippen molar-refractivity contribution in [3.8, 4) is 11.5 Å². The molecule has 1 amide bonds. The average molecular weight is 306 g/mol. The number of hydrogen-bond donors (Lipinski definition) is 0. The number of halogens is 1.